The lowest BCUT2D eigenvalue weighted by molar-refractivity contribution is 0.598. The molecule has 0 amide bonds. The van der Waals surface area contributed by atoms with E-state index in [4.69, 9.17) is 5.73 Å². The molecule has 1 aromatic heterocycles. The molecule has 3 N–H and O–H groups in total. The van der Waals surface area contributed by atoms with Crippen molar-refractivity contribution in [3.05, 3.63) is 35.8 Å². The minimum atomic E-state index is -3.68. The summed E-state index contributed by atoms with van der Waals surface area (Å²) in [4.78, 5) is 4.08. The highest BCUT2D eigenvalue weighted by atomic mass is 32.2. The van der Waals surface area contributed by atoms with Gasteiger partial charge in [-0.1, -0.05) is 0 Å². The van der Waals surface area contributed by atoms with Crippen LogP contribution in [0.3, 0.4) is 0 Å². The van der Waals surface area contributed by atoms with E-state index < -0.39 is 10.0 Å². The summed E-state index contributed by atoms with van der Waals surface area (Å²) in [5.41, 5.74) is 7.63. The van der Waals surface area contributed by atoms with Gasteiger partial charge in [0.05, 0.1) is 0 Å². The van der Waals surface area contributed by atoms with Crippen LogP contribution >= 0.6 is 0 Å². The smallest absolute Gasteiger partial charge is 0.280 e. The number of hydrogen-bond donors (Lipinski definition) is 2. The maximum atomic E-state index is 12.3. The fourth-order valence-electron chi connectivity index (χ4n) is 1.88. The van der Waals surface area contributed by atoms with Crippen LogP contribution in [0.2, 0.25) is 0 Å². The van der Waals surface area contributed by atoms with E-state index in [1.807, 2.05) is 13.8 Å². The maximum Gasteiger partial charge on any atom is 0.280 e. The number of benzene rings is 1. The first-order valence-electron chi connectivity index (χ1n) is 6.26. The Morgan fingerprint density at radius 1 is 1.35 bits per heavy atom. The molecule has 0 aliphatic carbocycles. The Morgan fingerprint density at radius 2 is 2.05 bits per heavy atom. The van der Waals surface area contributed by atoms with Crippen molar-refractivity contribution in [2.75, 3.05) is 10.5 Å². The van der Waals surface area contributed by atoms with Gasteiger partial charge in [0.25, 0.3) is 10.0 Å². The predicted molar refractivity (Wildman–Crippen MR) is 79.0 cm³/mol. The van der Waals surface area contributed by atoms with Crippen molar-refractivity contribution in [1.82, 2.24) is 9.55 Å². The van der Waals surface area contributed by atoms with Gasteiger partial charge in [-0.3, -0.25) is 4.72 Å². The van der Waals surface area contributed by atoms with E-state index in [1.165, 1.54) is 6.20 Å². The highest BCUT2D eigenvalue weighted by Crippen LogP contribution is 2.20. The second kappa shape index (κ2) is 5.16. The number of nitrogen functional groups attached to an aromatic ring is 1. The Hall–Kier alpha value is -2.02. The Morgan fingerprint density at radius 3 is 2.60 bits per heavy atom. The fourth-order valence-corrected chi connectivity index (χ4v) is 2.94. The molecule has 0 aliphatic rings. The molecule has 20 heavy (non-hydrogen) atoms. The molecule has 6 nitrogen and oxygen atoms in total. The summed E-state index contributed by atoms with van der Waals surface area (Å²) >= 11 is 0. The molecule has 0 aliphatic heterocycles. The van der Waals surface area contributed by atoms with Gasteiger partial charge >= 0.3 is 0 Å². The van der Waals surface area contributed by atoms with Crippen molar-refractivity contribution in [1.29, 1.82) is 0 Å². The van der Waals surface area contributed by atoms with Gasteiger partial charge in [-0.15, -0.1) is 0 Å². The Balaban J connectivity index is 2.32. The van der Waals surface area contributed by atoms with Gasteiger partial charge < -0.3 is 10.3 Å². The lowest BCUT2D eigenvalue weighted by atomic mass is 10.2. The molecule has 0 saturated heterocycles. The molecule has 1 aromatic carbocycles. The maximum absolute atomic E-state index is 12.3. The third-order valence-corrected chi connectivity index (χ3v) is 4.34. The summed E-state index contributed by atoms with van der Waals surface area (Å²) in [6, 6.07) is 4.99. The first-order chi connectivity index (χ1) is 9.33. The molecule has 0 unspecified atom stereocenters. The zero-order chi connectivity index (χ0) is 14.9. The van der Waals surface area contributed by atoms with Gasteiger partial charge in [0.2, 0.25) is 0 Å². The molecule has 2 aromatic rings. The average molecular weight is 294 g/mol. The van der Waals surface area contributed by atoms with Crippen molar-refractivity contribution in [2.24, 2.45) is 0 Å². The second-order valence-electron chi connectivity index (χ2n) is 4.59. The first kappa shape index (κ1) is 14.4. The summed E-state index contributed by atoms with van der Waals surface area (Å²) in [6.45, 7) is 6.20. The van der Waals surface area contributed by atoms with E-state index in [0.717, 1.165) is 5.56 Å². The summed E-state index contributed by atoms with van der Waals surface area (Å²) in [5, 5.41) is 0.0197. The number of imidazole rings is 1. The average Bonchev–Trinajstić information content (AvgIpc) is 2.76. The van der Waals surface area contributed by atoms with Gasteiger partial charge in [-0.25, -0.2) is 4.98 Å². The van der Waals surface area contributed by atoms with Crippen LogP contribution < -0.4 is 10.5 Å². The van der Waals surface area contributed by atoms with Crippen LogP contribution in [-0.4, -0.2) is 18.0 Å². The van der Waals surface area contributed by atoms with Crippen molar-refractivity contribution in [3.8, 4) is 0 Å². The van der Waals surface area contributed by atoms with Crippen molar-refractivity contribution in [2.45, 2.75) is 32.3 Å². The first-order valence-corrected chi connectivity index (χ1v) is 7.74. The standard InChI is InChI=1S/C13H18N4O2S/c1-4-17-8-13(15-10(17)3)20(18,19)16-11-5-6-12(14)9(2)7-11/h5-8,16H,4,14H2,1-3H3. The summed E-state index contributed by atoms with van der Waals surface area (Å²) in [7, 11) is -3.68. The molecule has 7 heteroatoms. The van der Waals surface area contributed by atoms with Gasteiger partial charge in [0, 0.05) is 24.1 Å². The van der Waals surface area contributed by atoms with Crippen LogP contribution in [0, 0.1) is 13.8 Å². The van der Waals surface area contributed by atoms with Gasteiger partial charge in [0.15, 0.2) is 5.03 Å². The predicted octanol–water partition coefficient (Wildman–Crippen LogP) is 1.90. The molecule has 0 atom stereocenters. The van der Waals surface area contributed by atoms with Crippen LogP contribution in [0.25, 0.3) is 0 Å². The Labute approximate surface area is 118 Å². The molecule has 0 spiro atoms. The quantitative estimate of drug-likeness (QED) is 0.843. The molecular weight excluding hydrogens is 276 g/mol. The molecule has 108 valence electrons. The van der Waals surface area contributed by atoms with E-state index in [9.17, 15) is 8.42 Å². The summed E-state index contributed by atoms with van der Waals surface area (Å²) in [6.07, 6.45) is 1.53. The van der Waals surface area contributed by atoms with Gasteiger partial charge in [-0.2, -0.15) is 8.42 Å². The molecule has 0 bridgehead atoms. The summed E-state index contributed by atoms with van der Waals surface area (Å²) < 4.78 is 28.8. The topological polar surface area (TPSA) is 90.0 Å². The van der Waals surface area contributed by atoms with E-state index in [2.05, 4.69) is 9.71 Å². The largest absolute Gasteiger partial charge is 0.399 e. The number of nitrogens with zero attached hydrogens (tertiary/aromatic N) is 2. The Kier molecular flexibility index (Phi) is 3.71. The van der Waals surface area contributed by atoms with Crippen molar-refractivity contribution in [3.63, 3.8) is 0 Å². The number of aryl methyl sites for hydroxylation is 3. The van der Waals surface area contributed by atoms with Crippen molar-refractivity contribution < 1.29 is 8.42 Å². The van der Waals surface area contributed by atoms with Crippen LogP contribution in [-0.2, 0) is 16.6 Å². The number of nitrogens with two attached hydrogens (primary N) is 1. The zero-order valence-electron chi connectivity index (χ0n) is 11.7. The highest BCUT2D eigenvalue weighted by Gasteiger charge is 2.19. The number of anilines is 2. The Bertz CT molecular complexity index is 735. The number of hydrogen-bond acceptors (Lipinski definition) is 4. The molecule has 1 heterocycles. The van der Waals surface area contributed by atoms with Gasteiger partial charge in [0.1, 0.15) is 5.82 Å². The molecule has 0 fully saturated rings. The SMILES string of the molecule is CCn1cc(S(=O)(=O)Nc2ccc(N)c(C)c2)nc1C. The third-order valence-electron chi connectivity index (χ3n) is 3.09. The molecule has 0 saturated carbocycles. The zero-order valence-corrected chi connectivity index (χ0v) is 12.5. The molecule has 0 radical (unpaired) electrons. The van der Waals surface area contributed by atoms with E-state index >= 15 is 0 Å². The number of sulfonamides is 1. The van der Waals surface area contributed by atoms with E-state index in [0.29, 0.717) is 23.7 Å². The fraction of sp³-hybridized carbons (Fsp3) is 0.308. The molecule has 2 rings (SSSR count). The number of nitrogens with one attached hydrogen (secondary N) is 1. The third kappa shape index (κ3) is 2.77. The highest BCUT2D eigenvalue weighted by molar-refractivity contribution is 7.92. The lowest BCUT2D eigenvalue weighted by Gasteiger charge is -2.07. The van der Waals surface area contributed by atoms with Crippen LogP contribution in [0.1, 0.15) is 18.3 Å². The van der Waals surface area contributed by atoms with E-state index in [-0.39, 0.29) is 5.03 Å². The number of aromatic nitrogens is 2. The minimum Gasteiger partial charge on any atom is -0.399 e. The van der Waals surface area contributed by atoms with Crippen LogP contribution in [0.15, 0.2) is 29.4 Å². The normalized spacial score (nSPS) is 11.6. The van der Waals surface area contributed by atoms with Crippen molar-refractivity contribution >= 4 is 21.4 Å². The second-order valence-corrected chi connectivity index (χ2v) is 6.22. The van der Waals surface area contributed by atoms with Gasteiger partial charge in [-0.05, 0) is 44.5 Å². The molecular formula is C13H18N4O2S. The lowest BCUT2D eigenvalue weighted by Crippen LogP contribution is -2.13. The summed E-state index contributed by atoms with van der Waals surface area (Å²) in [5.74, 6) is 0.668. The monoisotopic (exact) mass is 294 g/mol. The van der Waals surface area contributed by atoms with E-state index in [1.54, 1.807) is 29.7 Å². The van der Waals surface area contributed by atoms with Crippen LogP contribution in [0.4, 0.5) is 11.4 Å². The van der Waals surface area contributed by atoms with Crippen LogP contribution in [0.5, 0.6) is 0 Å². The number of rotatable bonds is 4. The minimum absolute atomic E-state index is 0.0197.